The van der Waals surface area contributed by atoms with Gasteiger partial charge in [-0.05, 0) is 37.6 Å². The van der Waals surface area contributed by atoms with E-state index in [0.29, 0.717) is 0 Å². The molecule has 1 aromatic carbocycles. The molecule has 0 spiro atoms. The van der Waals surface area contributed by atoms with Gasteiger partial charge >= 0.3 is 0 Å². The SMILES string of the molecule is CCN(CC)C(=O)/C=C/c1ccc(-n2ccnc2)cc1. The fourth-order valence-corrected chi connectivity index (χ4v) is 1.98. The molecule has 0 N–H and O–H groups in total. The molecule has 0 aliphatic carbocycles. The average molecular weight is 269 g/mol. The highest BCUT2D eigenvalue weighted by molar-refractivity contribution is 5.91. The van der Waals surface area contributed by atoms with Gasteiger partial charge in [-0.25, -0.2) is 4.98 Å². The molecule has 20 heavy (non-hydrogen) atoms. The standard InChI is InChI=1S/C16H19N3O/c1-3-18(4-2)16(20)10-7-14-5-8-15(9-6-14)19-12-11-17-13-19/h5-13H,3-4H2,1-2H3/b10-7+. The fraction of sp³-hybridized carbons (Fsp3) is 0.250. The van der Waals surface area contributed by atoms with Gasteiger partial charge in [0.2, 0.25) is 5.91 Å². The minimum atomic E-state index is 0.0497. The monoisotopic (exact) mass is 269 g/mol. The molecular weight excluding hydrogens is 250 g/mol. The molecule has 2 rings (SSSR count). The van der Waals surface area contributed by atoms with E-state index in [1.165, 1.54) is 0 Å². The van der Waals surface area contributed by atoms with E-state index in [1.54, 1.807) is 23.5 Å². The lowest BCUT2D eigenvalue weighted by atomic mass is 10.2. The highest BCUT2D eigenvalue weighted by Gasteiger charge is 2.04. The van der Waals surface area contributed by atoms with Crippen LogP contribution in [0.15, 0.2) is 49.1 Å². The number of nitrogens with zero attached hydrogens (tertiary/aromatic N) is 3. The number of benzene rings is 1. The van der Waals surface area contributed by atoms with Crippen LogP contribution < -0.4 is 0 Å². The van der Waals surface area contributed by atoms with Crippen molar-refractivity contribution in [3.8, 4) is 5.69 Å². The van der Waals surface area contributed by atoms with Crippen LogP contribution in [0.1, 0.15) is 19.4 Å². The van der Waals surface area contributed by atoms with Crippen molar-refractivity contribution in [2.24, 2.45) is 0 Å². The normalized spacial score (nSPS) is 10.9. The largest absolute Gasteiger partial charge is 0.340 e. The van der Waals surface area contributed by atoms with E-state index in [-0.39, 0.29) is 5.91 Å². The van der Waals surface area contributed by atoms with E-state index in [1.807, 2.05) is 55.0 Å². The number of amides is 1. The fourth-order valence-electron chi connectivity index (χ4n) is 1.98. The second-order valence-electron chi connectivity index (χ2n) is 4.41. The van der Waals surface area contributed by atoms with Crippen molar-refractivity contribution in [1.29, 1.82) is 0 Å². The van der Waals surface area contributed by atoms with Crippen LogP contribution in [0.5, 0.6) is 0 Å². The van der Waals surface area contributed by atoms with Crippen LogP contribution in [0.3, 0.4) is 0 Å². The van der Waals surface area contributed by atoms with E-state index in [2.05, 4.69) is 4.98 Å². The highest BCUT2D eigenvalue weighted by atomic mass is 16.2. The first-order valence-electron chi connectivity index (χ1n) is 6.80. The zero-order chi connectivity index (χ0) is 14.4. The molecule has 0 saturated carbocycles. The Hall–Kier alpha value is -2.36. The third-order valence-corrected chi connectivity index (χ3v) is 3.19. The molecule has 0 bridgehead atoms. The zero-order valence-corrected chi connectivity index (χ0v) is 11.9. The minimum Gasteiger partial charge on any atom is -0.340 e. The quantitative estimate of drug-likeness (QED) is 0.783. The molecule has 1 heterocycles. The van der Waals surface area contributed by atoms with Gasteiger partial charge in [0.05, 0.1) is 6.33 Å². The summed E-state index contributed by atoms with van der Waals surface area (Å²) in [6.45, 7) is 5.43. The first kappa shape index (κ1) is 14.1. The second kappa shape index (κ2) is 6.70. The number of carbonyl (C=O) groups is 1. The number of likely N-dealkylation sites (N-methyl/N-ethyl adjacent to an activating group) is 1. The molecule has 0 aliphatic heterocycles. The number of aromatic nitrogens is 2. The van der Waals surface area contributed by atoms with Gasteiger partial charge in [0, 0.05) is 37.2 Å². The first-order valence-corrected chi connectivity index (χ1v) is 6.80. The molecule has 2 aromatic rings. The predicted octanol–water partition coefficient (Wildman–Crippen LogP) is 2.75. The van der Waals surface area contributed by atoms with Crippen LogP contribution in [0.2, 0.25) is 0 Å². The Morgan fingerprint density at radius 3 is 2.50 bits per heavy atom. The zero-order valence-electron chi connectivity index (χ0n) is 11.9. The number of hydrogen-bond acceptors (Lipinski definition) is 2. The molecule has 4 nitrogen and oxygen atoms in total. The average Bonchev–Trinajstić information content (AvgIpc) is 3.01. The van der Waals surface area contributed by atoms with Crippen LogP contribution in [0.4, 0.5) is 0 Å². The molecule has 1 amide bonds. The lowest BCUT2D eigenvalue weighted by molar-refractivity contribution is -0.125. The lowest BCUT2D eigenvalue weighted by Crippen LogP contribution is -2.28. The molecular formula is C16H19N3O. The van der Waals surface area contributed by atoms with Gasteiger partial charge in [0.15, 0.2) is 0 Å². The second-order valence-corrected chi connectivity index (χ2v) is 4.41. The smallest absolute Gasteiger partial charge is 0.246 e. The third kappa shape index (κ3) is 3.35. The summed E-state index contributed by atoms with van der Waals surface area (Å²) >= 11 is 0. The van der Waals surface area contributed by atoms with Gasteiger partial charge in [-0.2, -0.15) is 0 Å². The summed E-state index contributed by atoms with van der Waals surface area (Å²) < 4.78 is 1.94. The van der Waals surface area contributed by atoms with Gasteiger partial charge in [0.25, 0.3) is 0 Å². The molecule has 104 valence electrons. The van der Waals surface area contributed by atoms with Gasteiger partial charge in [-0.15, -0.1) is 0 Å². The molecule has 0 saturated heterocycles. The minimum absolute atomic E-state index is 0.0497. The Labute approximate surface area is 119 Å². The Kier molecular flexibility index (Phi) is 4.71. The van der Waals surface area contributed by atoms with Crippen LogP contribution in [0, 0.1) is 0 Å². The maximum Gasteiger partial charge on any atom is 0.246 e. The van der Waals surface area contributed by atoms with Crippen LogP contribution >= 0.6 is 0 Å². The predicted molar refractivity (Wildman–Crippen MR) is 80.5 cm³/mol. The maximum absolute atomic E-state index is 11.9. The van der Waals surface area contributed by atoms with Crippen molar-refractivity contribution in [2.45, 2.75) is 13.8 Å². The van der Waals surface area contributed by atoms with Crippen molar-refractivity contribution < 1.29 is 4.79 Å². The van der Waals surface area contributed by atoms with E-state index in [4.69, 9.17) is 0 Å². The Morgan fingerprint density at radius 1 is 1.25 bits per heavy atom. The summed E-state index contributed by atoms with van der Waals surface area (Å²) in [5.74, 6) is 0.0497. The maximum atomic E-state index is 11.9. The van der Waals surface area contributed by atoms with Crippen LogP contribution in [-0.4, -0.2) is 33.4 Å². The number of hydrogen-bond donors (Lipinski definition) is 0. The molecule has 0 aliphatic rings. The number of imidazole rings is 1. The summed E-state index contributed by atoms with van der Waals surface area (Å²) in [4.78, 5) is 17.7. The van der Waals surface area contributed by atoms with Crippen molar-refractivity contribution in [3.05, 3.63) is 54.6 Å². The highest BCUT2D eigenvalue weighted by Crippen LogP contribution is 2.10. The number of rotatable bonds is 5. The van der Waals surface area contributed by atoms with Gasteiger partial charge in [0.1, 0.15) is 0 Å². The molecule has 4 heteroatoms. The summed E-state index contributed by atoms with van der Waals surface area (Å²) in [6, 6.07) is 7.98. The Balaban J connectivity index is 2.06. The van der Waals surface area contributed by atoms with Crippen molar-refractivity contribution >= 4 is 12.0 Å². The summed E-state index contributed by atoms with van der Waals surface area (Å²) in [6.07, 6.45) is 8.87. The number of carbonyl (C=O) groups excluding carboxylic acids is 1. The summed E-state index contributed by atoms with van der Waals surface area (Å²) in [5.41, 5.74) is 2.06. The van der Waals surface area contributed by atoms with Gasteiger partial charge in [-0.3, -0.25) is 4.79 Å². The lowest BCUT2D eigenvalue weighted by Gasteiger charge is -2.15. The van der Waals surface area contributed by atoms with E-state index in [9.17, 15) is 4.79 Å². The molecule has 1 aromatic heterocycles. The molecule has 0 atom stereocenters. The van der Waals surface area contributed by atoms with Crippen molar-refractivity contribution in [3.63, 3.8) is 0 Å². The molecule has 0 unspecified atom stereocenters. The third-order valence-electron chi connectivity index (χ3n) is 3.19. The van der Waals surface area contributed by atoms with E-state index < -0.39 is 0 Å². The van der Waals surface area contributed by atoms with Gasteiger partial charge < -0.3 is 9.47 Å². The van der Waals surface area contributed by atoms with Crippen molar-refractivity contribution in [2.75, 3.05) is 13.1 Å². The van der Waals surface area contributed by atoms with E-state index in [0.717, 1.165) is 24.3 Å². The van der Waals surface area contributed by atoms with Crippen LogP contribution in [-0.2, 0) is 4.79 Å². The Morgan fingerprint density at radius 2 is 1.95 bits per heavy atom. The van der Waals surface area contributed by atoms with Gasteiger partial charge in [-0.1, -0.05) is 12.1 Å². The molecule has 0 fully saturated rings. The first-order chi connectivity index (χ1) is 9.74. The molecule has 0 radical (unpaired) electrons. The summed E-state index contributed by atoms with van der Waals surface area (Å²) in [5, 5.41) is 0. The van der Waals surface area contributed by atoms with Crippen LogP contribution in [0.25, 0.3) is 11.8 Å². The van der Waals surface area contributed by atoms with Crippen molar-refractivity contribution in [1.82, 2.24) is 14.5 Å². The Bertz CT molecular complexity index is 566. The van der Waals surface area contributed by atoms with E-state index >= 15 is 0 Å². The summed E-state index contributed by atoms with van der Waals surface area (Å²) in [7, 11) is 0. The topological polar surface area (TPSA) is 38.1 Å².